The normalized spacial score (nSPS) is 22.1. The number of hydrogen-bond acceptors (Lipinski definition) is 2. The molecule has 0 atom stereocenters. The molecule has 0 unspecified atom stereocenters. The van der Waals surface area contributed by atoms with Crippen molar-refractivity contribution in [2.24, 2.45) is 5.73 Å². The highest BCUT2D eigenvalue weighted by Gasteiger charge is 2.41. The number of nitrogens with zero attached hydrogens (tertiary/aromatic N) is 2. The van der Waals surface area contributed by atoms with Crippen LogP contribution in [0.25, 0.3) is 11.0 Å². The van der Waals surface area contributed by atoms with Crippen molar-refractivity contribution in [1.82, 2.24) is 9.55 Å². The van der Waals surface area contributed by atoms with Crippen LogP contribution in [0.4, 0.5) is 0 Å². The smallest absolute Gasteiger partial charge is 0.130 e. The van der Waals surface area contributed by atoms with Gasteiger partial charge >= 0.3 is 0 Å². The molecule has 18 heavy (non-hydrogen) atoms. The van der Waals surface area contributed by atoms with E-state index < -0.39 is 0 Å². The van der Waals surface area contributed by atoms with Crippen molar-refractivity contribution < 1.29 is 0 Å². The summed E-state index contributed by atoms with van der Waals surface area (Å²) in [5.41, 5.74) is 8.64. The molecule has 0 radical (unpaired) electrons. The van der Waals surface area contributed by atoms with Crippen LogP contribution >= 0.6 is 15.9 Å². The Morgan fingerprint density at radius 2 is 2.11 bits per heavy atom. The van der Waals surface area contributed by atoms with Gasteiger partial charge in [0.25, 0.3) is 0 Å². The second kappa shape index (κ2) is 3.58. The number of rotatable bonds is 2. The minimum absolute atomic E-state index is 0.173. The summed E-state index contributed by atoms with van der Waals surface area (Å²) in [5.74, 6) is 1.12. The highest BCUT2D eigenvalue weighted by molar-refractivity contribution is 9.10. The van der Waals surface area contributed by atoms with Crippen LogP contribution in [0.1, 0.15) is 44.0 Å². The number of fused-ring (bicyclic) bond motifs is 1. The van der Waals surface area contributed by atoms with Gasteiger partial charge in [0.15, 0.2) is 0 Å². The lowest BCUT2D eigenvalue weighted by atomic mass is 9.77. The monoisotopic (exact) mass is 305 g/mol. The molecule has 2 saturated carbocycles. The van der Waals surface area contributed by atoms with Crippen LogP contribution < -0.4 is 5.73 Å². The van der Waals surface area contributed by atoms with Crippen LogP contribution in [0.5, 0.6) is 0 Å². The standard InChI is InChI=1S/C14H16BrN3/c15-9-2-5-12-11(8-9)17-13(14(16)6-1-7-14)18(12)10-3-4-10/h2,5,8,10H,1,3-4,6-7,16H2. The van der Waals surface area contributed by atoms with Gasteiger partial charge in [0.1, 0.15) is 5.82 Å². The van der Waals surface area contributed by atoms with Gasteiger partial charge in [0.05, 0.1) is 16.6 Å². The van der Waals surface area contributed by atoms with Gasteiger partial charge in [-0.1, -0.05) is 15.9 Å². The first-order valence-corrected chi connectivity index (χ1v) is 7.43. The predicted molar refractivity (Wildman–Crippen MR) is 75.4 cm³/mol. The zero-order chi connectivity index (χ0) is 12.3. The molecule has 4 rings (SSSR count). The van der Waals surface area contributed by atoms with Gasteiger partial charge in [-0.05, 0) is 50.3 Å². The lowest BCUT2D eigenvalue weighted by molar-refractivity contribution is 0.231. The molecule has 94 valence electrons. The summed E-state index contributed by atoms with van der Waals surface area (Å²) in [7, 11) is 0. The van der Waals surface area contributed by atoms with Crippen LogP contribution in [0.15, 0.2) is 22.7 Å². The van der Waals surface area contributed by atoms with Crippen LogP contribution in [0.3, 0.4) is 0 Å². The SMILES string of the molecule is NC1(c2nc3cc(Br)ccc3n2C2CC2)CCC1. The zero-order valence-corrected chi connectivity index (χ0v) is 11.8. The number of benzene rings is 1. The van der Waals surface area contributed by atoms with E-state index in [1.807, 2.05) is 0 Å². The molecule has 1 aromatic heterocycles. The highest BCUT2D eigenvalue weighted by Crippen LogP contribution is 2.45. The predicted octanol–water partition coefficient (Wildman–Crippen LogP) is 3.47. The molecule has 2 aromatic rings. The number of hydrogen-bond donors (Lipinski definition) is 1. The van der Waals surface area contributed by atoms with Gasteiger partial charge in [-0.2, -0.15) is 0 Å². The zero-order valence-electron chi connectivity index (χ0n) is 10.2. The van der Waals surface area contributed by atoms with Crippen molar-refractivity contribution >= 4 is 27.0 Å². The van der Waals surface area contributed by atoms with E-state index >= 15 is 0 Å². The molecule has 1 aromatic carbocycles. The Morgan fingerprint density at radius 3 is 2.72 bits per heavy atom. The molecule has 2 fully saturated rings. The Morgan fingerprint density at radius 1 is 1.33 bits per heavy atom. The second-order valence-corrected chi connectivity index (χ2v) is 6.59. The Hall–Kier alpha value is -0.870. The molecule has 0 amide bonds. The largest absolute Gasteiger partial charge is 0.323 e. The third-order valence-electron chi connectivity index (χ3n) is 4.25. The molecule has 2 aliphatic rings. The summed E-state index contributed by atoms with van der Waals surface area (Å²) >= 11 is 3.52. The molecular formula is C14H16BrN3. The van der Waals surface area contributed by atoms with Crippen LogP contribution in [0.2, 0.25) is 0 Å². The number of halogens is 1. The third kappa shape index (κ3) is 1.48. The van der Waals surface area contributed by atoms with Gasteiger partial charge in [0.2, 0.25) is 0 Å². The van der Waals surface area contributed by atoms with E-state index in [1.165, 1.54) is 24.8 Å². The molecule has 1 heterocycles. The van der Waals surface area contributed by atoms with Crippen LogP contribution in [-0.2, 0) is 5.54 Å². The summed E-state index contributed by atoms with van der Waals surface area (Å²) in [5, 5.41) is 0. The minimum Gasteiger partial charge on any atom is -0.323 e. The van der Waals surface area contributed by atoms with Gasteiger partial charge in [-0.3, -0.25) is 0 Å². The van der Waals surface area contributed by atoms with E-state index in [9.17, 15) is 0 Å². The van der Waals surface area contributed by atoms with Crippen molar-refractivity contribution in [3.8, 4) is 0 Å². The Balaban J connectivity index is 1.97. The molecular weight excluding hydrogens is 290 g/mol. The molecule has 0 aliphatic heterocycles. The Kier molecular flexibility index (Phi) is 2.19. The first kappa shape index (κ1) is 11.0. The minimum atomic E-state index is -0.173. The van der Waals surface area contributed by atoms with Crippen molar-refractivity contribution in [2.45, 2.75) is 43.7 Å². The lowest BCUT2D eigenvalue weighted by Crippen LogP contribution is -2.45. The summed E-state index contributed by atoms with van der Waals surface area (Å²) in [4.78, 5) is 4.84. The first-order valence-electron chi connectivity index (χ1n) is 6.64. The fourth-order valence-corrected chi connectivity index (χ4v) is 3.26. The van der Waals surface area contributed by atoms with E-state index in [2.05, 4.69) is 38.7 Å². The average Bonchev–Trinajstić information content (AvgIpc) is 3.07. The summed E-state index contributed by atoms with van der Waals surface area (Å²) in [6.45, 7) is 0. The van der Waals surface area contributed by atoms with Crippen LogP contribution in [0, 0.1) is 0 Å². The molecule has 2 N–H and O–H groups in total. The third-order valence-corrected chi connectivity index (χ3v) is 4.75. The maximum atomic E-state index is 6.50. The summed E-state index contributed by atoms with van der Waals surface area (Å²) in [6, 6.07) is 6.99. The van der Waals surface area contributed by atoms with Crippen molar-refractivity contribution in [3.63, 3.8) is 0 Å². The van der Waals surface area contributed by atoms with Gasteiger partial charge in [-0.15, -0.1) is 0 Å². The maximum absolute atomic E-state index is 6.50. The summed E-state index contributed by atoms with van der Waals surface area (Å²) in [6.07, 6.45) is 5.91. The van der Waals surface area contributed by atoms with Crippen LogP contribution in [-0.4, -0.2) is 9.55 Å². The molecule has 2 aliphatic carbocycles. The van der Waals surface area contributed by atoms with Gasteiger partial charge in [-0.25, -0.2) is 4.98 Å². The van der Waals surface area contributed by atoms with Gasteiger partial charge < -0.3 is 10.3 Å². The molecule has 0 saturated heterocycles. The maximum Gasteiger partial charge on any atom is 0.130 e. The van der Waals surface area contributed by atoms with E-state index in [4.69, 9.17) is 10.7 Å². The molecule has 0 bridgehead atoms. The fourth-order valence-electron chi connectivity index (χ4n) is 2.91. The molecule has 0 spiro atoms. The highest BCUT2D eigenvalue weighted by atomic mass is 79.9. The Bertz CT molecular complexity index is 623. The Labute approximate surface area is 115 Å². The van der Waals surface area contributed by atoms with Crippen molar-refractivity contribution in [1.29, 1.82) is 0 Å². The first-order chi connectivity index (χ1) is 8.67. The quantitative estimate of drug-likeness (QED) is 0.923. The second-order valence-electron chi connectivity index (χ2n) is 5.68. The topological polar surface area (TPSA) is 43.8 Å². The summed E-state index contributed by atoms with van der Waals surface area (Å²) < 4.78 is 3.49. The lowest BCUT2D eigenvalue weighted by Gasteiger charge is -2.37. The number of imidazole rings is 1. The number of aromatic nitrogens is 2. The molecule has 3 nitrogen and oxygen atoms in total. The van der Waals surface area contributed by atoms with E-state index in [0.29, 0.717) is 6.04 Å². The number of nitrogens with two attached hydrogens (primary N) is 1. The van der Waals surface area contributed by atoms with E-state index in [-0.39, 0.29) is 5.54 Å². The van der Waals surface area contributed by atoms with Gasteiger partial charge in [0, 0.05) is 10.5 Å². The average molecular weight is 306 g/mol. The van der Waals surface area contributed by atoms with E-state index in [0.717, 1.165) is 28.7 Å². The molecule has 4 heteroatoms. The van der Waals surface area contributed by atoms with Crippen molar-refractivity contribution in [2.75, 3.05) is 0 Å². The van der Waals surface area contributed by atoms with Crippen molar-refractivity contribution in [3.05, 3.63) is 28.5 Å². The van der Waals surface area contributed by atoms with E-state index in [1.54, 1.807) is 0 Å². The fraction of sp³-hybridized carbons (Fsp3) is 0.500.